The lowest BCUT2D eigenvalue weighted by atomic mass is 9.80. The van der Waals surface area contributed by atoms with Gasteiger partial charge in [0.05, 0.1) is 12.2 Å². The van der Waals surface area contributed by atoms with Crippen LogP contribution >= 0.6 is 0 Å². The number of fused-ring (bicyclic) bond motifs is 1. The van der Waals surface area contributed by atoms with E-state index in [0.29, 0.717) is 57.1 Å². The van der Waals surface area contributed by atoms with Crippen molar-refractivity contribution in [3.05, 3.63) is 71.8 Å². The third-order valence-corrected chi connectivity index (χ3v) is 8.99. The SMILES string of the molecule is O=C(OCCCC[C@@H]1NC(=O)[C@H]2CCCN2C(=O)[C@H](Cc2ccccc2)NC(=O)C2(CCCCC2)NC1=O)c1ccccc1. The highest BCUT2D eigenvalue weighted by molar-refractivity contribution is 5.99. The van der Waals surface area contributed by atoms with Gasteiger partial charge >= 0.3 is 5.97 Å². The molecular weight excluding hydrogens is 560 g/mol. The summed E-state index contributed by atoms with van der Waals surface area (Å²) in [7, 11) is 0. The van der Waals surface area contributed by atoms with Crippen molar-refractivity contribution < 1.29 is 28.7 Å². The lowest BCUT2D eigenvalue weighted by molar-refractivity contribution is -0.145. The standard InChI is InChI=1S/C34H42N4O6/c39-29-26(17-8-11-22-44-32(42)25-15-6-2-7-16-25)35-30(40)28-18-12-21-38(28)31(41)27(23-24-13-4-1-5-14-24)36-33(43)34(37-29)19-9-3-10-20-34/h1-2,4-7,13-16,26-28H,3,8-12,17-23H2,(H,35,40)(H,36,43)(H,37,39)/t26-,27-,28+/m0/s1. The zero-order valence-corrected chi connectivity index (χ0v) is 25.1. The molecule has 10 heteroatoms. The van der Waals surface area contributed by atoms with E-state index in [9.17, 15) is 24.0 Å². The molecule has 2 aromatic rings. The highest BCUT2D eigenvalue weighted by Crippen LogP contribution is 2.30. The quantitative estimate of drug-likeness (QED) is 0.314. The van der Waals surface area contributed by atoms with Crippen molar-refractivity contribution in [2.45, 2.75) is 94.3 Å². The number of carbonyl (C=O) groups excluding carboxylic acids is 5. The molecule has 2 aliphatic heterocycles. The zero-order chi connectivity index (χ0) is 30.9. The van der Waals surface area contributed by atoms with E-state index in [1.807, 2.05) is 36.4 Å². The first-order valence-electron chi connectivity index (χ1n) is 15.9. The summed E-state index contributed by atoms with van der Waals surface area (Å²) in [5.41, 5.74) is 0.202. The maximum atomic E-state index is 14.0. The smallest absolute Gasteiger partial charge is 0.338 e. The molecule has 1 saturated carbocycles. The molecule has 2 saturated heterocycles. The van der Waals surface area contributed by atoms with Crippen LogP contribution < -0.4 is 16.0 Å². The van der Waals surface area contributed by atoms with Crippen LogP contribution in [-0.4, -0.2) is 71.3 Å². The second-order valence-corrected chi connectivity index (χ2v) is 12.1. The van der Waals surface area contributed by atoms with Crippen LogP contribution in [0.3, 0.4) is 0 Å². The van der Waals surface area contributed by atoms with Gasteiger partial charge in [-0.1, -0.05) is 67.8 Å². The predicted octanol–water partition coefficient (Wildman–Crippen LogP) is 3.05. The highest BCUT2D eigenvalue weighted by Gasteiger charge is 2.46. The van der Waals surface area contributed by atoms with Gasteiger partial charge in [-0.3, -0.25) is 19.2 Å². The van der Waals surface area contributed by atoms with Crippen LogP contribution in [0.2, 0.25) is 0 Å². The summed E-state index contributed by atoms with van der Waals surface area (Å²) in [6.45, 7) is 0.586. The lowest BCUT2D eigenvalue weighted by Gasteiger charge is -2.40. The highest BCUT2D eigenvalue weighted by atomic mass is 16.5. The van der Waals surface area contributed by atoms with Crippen molar-refractivity contribution in [1.29, 1.82) is 0 Å². The Bertz CT molecular complexity index is 1330. The molecule has 0 aromatic heterocycles. The van der Waals surface area contributed by atoms with Crippen molar-refractivity contribution >= 4 is 29.6 Å². The van der Waals surface area contributed by atoms with Crippen molar-refractivity contribution in [1.82, 2.24) is 20.9 Å². The molecule has 1 spiro atoms. The molecule has 1 aliphatic carbocycles. The molecule has 3 atom stereocenters. The average molecular weight is 603 g/mol. The van der Waals surface area contributed by atoms with Crippen LogP contribution in [0.25, 0.3) is 0 Å². The maximum Gasteiger partial charge on any atom is 0.338 e. The Labute approximate surface area is 258 Å². The van der Waals surface area contributed by atoms with Gasteiger partial charge in [0.1, 0.15) is 23.7 Å². The Hall–Kier alpha value is -4.21. The molecule has 3 fully saturated rings. The fourth-order valence-electron chi connectivity index (χ4n) is 6.55. The van der Waals surface area contributed by atoms with Crippen LogP contribution in [0.15, 0.2) is 60.7 Å². The molecule has 0 bridgehead atoms. The summed E-state index contributed by atoms with van der Waals surface area (Å²) >= 11 is 0. The molecule has 3 N–H and O–H groups in total. The minimum absolute atomic E-state index is 0.177. The maximum absolute atomic E-state index is 14.0. The number of unbranched alkanes of at least 4 members (excludes halogenated alkanes) is 1. The van der Waals surface area contributed by atoms with E-state index < -0.39 is 35.5 Å². The summed E-state index contributed by atoms with van der Waals surface area (Å²) in [6, 6.07) is 15.8. The van der Waals surface area contributed by atoms with Gasteiger partial charge in [0.25, 0.3) is 0 Å². The topological polar surface area (TPSA) is 134 Å². The van der Waals surface area contributed by atoms with Gasteiger partial charge in [0.2, 0.25) is 23.6 Å². The number of benzene rings is 2. The summed E-state index contributed by atoms with van der Waals surface area (Å²) in [5, 5.41) is 8.97. The molecule has 234 valence electrons. The first kappa shape index (κ1) is 31.2. The minimum atomic E-state index is -1.16. The Morgan fingerprint density at radius 3 is 2.25 bits per heavy atom. The molecular formula is C34H42N4O6. The Kier molecular flexibility index (Phi) is 10.3. The van der Waals surface area contributed by atoms with E-state index in [4.69, 9.17) is 4.74 Å². The van der Waals surface area contributed by atoms with E-state index in [1.165, 1.54) is 0 Å². The predicted molar refractivity (Wildman–Crippen MR) is 163 cm³/mol. The molecule has 44 heavy (non-hydrogen) atoms. The molecule has 0 radical (unpaired) electrons. The summed E-state index contributed by atoms with van der Waals surface area (Å²) in [6.07, 6.45) is 6.14. The minimum Gasteiger partial charge on any atom is -0.462 e. The van der Waals surface area contributed by atoms with E-state index in [-0.39, 0.29) is 30.7 Å². The van der Waals surface area contributed by atoms with Gasteiger partial charge in [0, 0.05) is 13.0 Å². The number of nitrogens with one attached hydrogen (secondary N) is 3. The number of ether oxygens (including phenoxy) is 1. The van der Waals surface area contributed by atoms with E-state index >= 15 is 0 Å². The van der Waals surface area contributed by atoms with Gasteiger partial charge in [-0.2, -0.15) is 0 Å². The number of rotatable bonds is 8. The summed E-state index contributed by atoms with van der Waals surface area (Å²) in [4.78, 5) is 69.2. The summed E-state index contributed by atoms with van der Waals surface area (Å²) in [5.74, 6) is -1.82. The number of hydrogen-bond donors (Lipinski definition) is 3. The first-order chi connectivity index (χ1) is 21.4. The molecule has 4 amide bonds. The number of hydrogen-bond acceptors (Lipinski definition) is 6. The van der Waals surface area contributed by atoms with Crippen LogP contribution in [0.4, 0.5) is 0 Å². The Balaban J connectivity index is 1.32. The van der Waals surface area contributed by atoms with Crippen molar-refractivity contribution in [2.24, 2.45) is 0 Å². The second kappa shape index (κ2) is 14.5. The van der Waals surface area contributed by atoms with E-state index in [0.717, 1.165) is 24.8 Å². The molecule has 3 aliphatic rings. The second-order valence-electron chi connectivity index (χ2n) is 12.1. The molecule has 2 aromatic carbocycles. The Morgan fingerprint density at radius 1 is 0.818 bits per heavy atom. The number of nitrogens with zero attached hydrogens (tertiary/aromatic N) is 1. The Morgan fingerprint density at radius 2 is 1.52 bits per heavy atom. The molecule has 0 unspecified atom stereocenters. The first-order valence-corrected chi connectivity index (χ1v) is 15.9. The fraction of sp³-hybridized carbons (Fsp3) is 0.500. The third-order valence-electron chi connectivity index (χ3n) is 8.99. The average Bonchev–Trinajstić information content (AvgIpc) is 3.54. The van der Waals surface area contributed by atoms with Gasteiger partial charge < -0.3 is 25.6 Å². The van der Waals surface area contributed by atoms with Crippen molar-refractivity contribution in [3.8, 4) is 0 Å². The van der Waals surface area contributed by atoms with E-state index in [1.54, 1.807) is 29.2 Å². The lowest BCUT2D eigenvalue weighted by Crippen LogP contribution is -2.67. The van der Waals surface area contributed by atoms with Gasteiger partial charge in [-0.15, -0.1) is 0 Å². The van der Waals surface area contributed by atoms with Crippen LogP contribution in [0.5, 0.6) is 0 Å². The van der Waals surface area contributed by atoms with Crippen LogP contribution in [-0.2, 0) is 30.3 Å². The van der Waals surface area contributed by atoms with E-state index in [2.05, 4.69) is 16.0 Å². The van der Waals surface area contributed by atoms with Gasteiger partial charge in [0.15, 0.2) is 0 Å². The third kappa shape index (κ3) is 7.46. The van der Waals surface area contributed by atoms with Crippen molar-refractivity contribution in [3.63, 3.8) is 0 Å². The van der Waals surface area contributed by atoms with Gasteiger partial charge in [-0.25, -0.2) is 4.79 Å². The van der Waals surface area contributed by atoms with Crippen LogP contribution in [0, 0.1) is 0 Å². The number of amides is 4. The molecule has 10 nitrogen and oxygen atoms in total. The number of carbonyl (C=O) groups is 5. The fourth-order valence-corrected chi connectivity index (χ4v) is 6.55. The number of esters is 1. The molecule has 2 heterocycles. The zero-order valence-electron chi connectivity index (χ0n) is 25.1. The van der Waals surface area contributed by atoms with Crippen LogP contribution in [0.1, 0.15) is 80.1 Å². The monoisotopic (exact) mass is 602 g/mol. The normalized spacial score (nSPS) is 23.9. The van der Waals surface area contributed by atoms with Gasteiger partial charge in [-0.05, 0) is 62.6 Å². The molecule has 5 rings (SSSR count). The summed E-state index contributed by atoms with van der Waals surface area (Å²) < 4.78 is 5.38. The van der Waals surface area contributed by atoms with Crippen molar-refractivity contribution in [2.75, 3.05) is 13.2 Å². The largest absolute Gasteiger partial charge is 0.462 e.